The van der Waals surface area contributed by atoms with Crippen molar-refractivity contribution in [2.75, 3.05) is 0 Å². The summed E-state index contributed by atoms with van der Waals surface area (Å²) in [5.74, 6) is -0.339. The zero-order valence-electron chi connectivity index (χ0n) is 10.9. The monoisotopic (exact) mass is 282 g/mol. The fourth-order valence-corrected chi connectivity index (χ4v) is 2.22. The van der Waals surface area contributed by atoms with Crippen LogP contribution in [0.2, 0.25) is 5.02 Å². The van der Waals surface area contributed by atoms with Crippen LogP contribution in [-0.2, 0) is 6.54 Å². The molecule has 0 aliphatic carbocycles. The van der Waals surface area contributed by atoms with Gasteiger partial charge in [-0.2, -0.15) is 5.10 Å². The van der Waals surface area contributed by atoms with Crippen LogP contribution in [0.1, 0.15) is 36.3 Å². The van der Waals surface area contributed by atoms with Crippen molar-refractivity contribution in [3.63, 3.8) is 0 Å². The number of aliphatic hydroxyl groups is 1. The van der Waals surface area contributed by atoms with E-state index in [-0.39, 0.29) is 5.82 Å². The van der Waals surface area contributed by atoms with Crippen LogP contribution in [0.3, 0.4) is 0 Å². The predicted octanol–water partition coefficient (Wildman–Crippen LogP) is 3.48. The van der Waals surface area contributed by atoms with Gasteiger partial charge < -0.3 is 5.11 Å². The molecule has 1 unspecified atom stereocenters. The topological polar surface area (TPSA) is 38.0 Å². The fourth-order valence-electron chi connectivity index (χ4n) is 1.97. The second-order valence-electron chi connectivity index (χ2n) is 4.51. The summed E-state index contributed by atoms with van der Waals surface area (Å²) in [6.07, 6.45) is 1.40. The van der Waals surface area contributed by atoms with E-state index in [0.717, 1.165) is 6.42 Å². The normalized spacial score (nSPS) is 12.7. The molecule has 0 spiro atoms. The molecule has 1 atom stereocenters. The molecule has 1 heterocycles. The minimum absolute atomic E-state index is 0.339. The van der Waals surface area contributed by atoms with Gasteiger partial charge in [0.05, 0.1) is 16.9 Å². The highest BCUT2D eigenvalue weighted by Gasteiger charge is 2.20. The van der Waals surface area contributed by atoms with E-state index in [2.05, 4.69) is 5.10 Å². The molecule has 0 saturated carbocycles. The van der Waals surface area contributed by atoms with Gasteiger partial charge in [0.25, 0.3) is 0 Å². The van der Waals surface area contributed by atoms with E-state index in [0.29, 0.717) is 28.4 Å². The third kappa shape index (κ3) is 2.80. The van der Waals surface area contributed by atoms with Crippen LogP contribution >= 0.6 is 11.6 Å². The van der Waals surface area contributed by atoms with Gasteiger partial charge >= 0.3 is 0 Å². The van der Waals surface area contributed by atoms with Gasteiger partial charge in [-0.3, -0.25) is 4.68 Å². The molecule has 1 aromatic heterocycles. The van der Waals surface area contributed by atoms with Crippen LogP contribution in [0, 0.1) is 12.7 Å². The maximum Gasteiger partial charge on any atom is 0.126 e. The molecule has 2 rings (SSSR count). The Morgan fingerprint density at radius 2 is 2.21 bits per heavy atom. The average molecular weight is 283 g/mol. The van der Waals surface area contributed by atoms with Crippen LogP contribution in [-0.4, -0.2) is 14.9 Å². The number of rotatable bonds is 4. The number of aromatic nitrogens is 2. The van der Waals surface area contributed by atoms with Crippen LogP contribution in [0.4, 0.5) is 4.39 Å². The van der Waals surface area contributed by atoms with Crippen LogP contribution in [0.25, 0.3) is 0 Å². The quantitative estimate of drug-likeness (QED) is 0.932. The smallest absolute Gasteiger partial charge is 0.126 e. The van der Waals surface area contributed by atoms with Gasteiger partial charge in [-0.05, 0) is 30.5 Å². The van der Waals surface area contributed by atoms with Gasteiger partial charge in [-0.1, -0.05) is 30.7 Å². The lowest BCUT2D eigenvalue weighted by Gasteiger charge is -2.14. The number of benzene rings is 1. The lowest BCUT2D eigenvalue weighted by molar-refractivity contribution is 0.207. The van der Waals surface area contributed by atoms with Crippen molar-refractivity contribution < 1.29 is 9.50 Å². The summed E-state index contributed by atoms with van der Waals surface area (Å²) in [4.78, 5) is 0. The summed E-state index contributed by atoms with van der Waals surface area (Å²) in [6.45, 7) is 4.35. The Morgan fingerprint density at radius 3 is 2.84 bits per heavy atom. The number of nitrogens with zero attached hydrogens (tertiary/aromatic N) is 2. The Balaban J connectivity index is 2.40. The number of halogens is 2. The Hall–Kier alpha value is -1.39. The van der Waals surface area contributed by atoms with Crippen molar-refractivity contribution in [1.29, 1.82) is 0 Å². The Bertz CT molecular complexity index is 583. The highest BCUT2D eigenvalue weighted by Crippen LogP contribution is 2.29. The lowest BCUT2D eigenvalue weighted by Crippen LogP contribution is -2.11. The van der Waals surface area contributed by atoms with E-state index >= 15 is 0 Å². The second-order valence-corrected chi connectivity index (χ2v) is 4.92. The standard InChI is InChI=1S/C14H16ClFN2O/c1-3-6-18-13(11(15)8-17-18)14(19)10-5-4-9(2)12(16)7-10/h4-5,7-8,14,19H,3,6H2,1-2H3. The van der Waals surface area contributed by atoms with Gasteiger partial charge in [0.1, 0.15) is 11.9 Å². The molecule has 2 aromatic rings. The highest BCUT2D eigenvalue weighted by molar-refractivity contribution is 6.31. The molecule has 102 valence electrons. The van der Waals surface area contributed by atoms with Crippen molar-refractivity contribution in [3.05, 3.63) is 52.1 Å². The third-order valence-corrected chi connectivity index (χ3v) is 3.33. The molecule has 1 N–H and O–H groups in total. The molecule has 5 heteroatoms. The zero-order valence-corrected chi connectivity index (χ0v) is 11.7. The Kier molecular flexibility index (Phi) is 4.22. The second kappa shape index (κ2) is 5.72. The fraction of sp³-hybridized carbons (Fsp3) is 0.357. The van der Waals surface area contributed by atoms with Crippen LogP contribution in [0.5, 0.6) is 0 Å². The van der Waals surface area contributed by atoms with Gasteiger partial charge in [0.15, 0.2) is 0 Å². The van der Waals surface area contributed by atoms with E-state index in [9.17, 15) is 9.50 Å². The summed E-state index contributed by atoms with van der Waals surface area (Å²) in [5, 5.41) is 14.9. The van der Waals surface area contributed by atoms with E-state index in [4.69, 9.17) is 11.6 Å². The number of aryl methyl sites for hydroxylation is 2. The minimum atomic E-state index is -0.975. The summed E-state index contributed by atoms with van der Waals surface area (Å²) in [7, 11) is 0. The number of aliphatic hydroxyl groups excluding tert-OH is 1. The van der Waals surface area contributed by atoms with Gasteiger partial charge in [-0.15, -0.1) is 0 Å². The molecule has 0 bridgehead atoms. The summed E-state index contributed by atoms with van der Waals surface area (Å²) < 4.78 is 15.2. The van der Waals surface area contributed by atoms with Crippen molar-refractivity contribution in [1.82, 2.24) is 9.78 Å². The van der Waals surface area contributed by atoms with E-state index in [1.54, 1.807) is 23.7 Å². The maximum atomic E-state index is 13.6. The SMILES string of the molecule is CCCn1ncc(Cl)c1C(O)c1ccc(C)c(F)c1. The molecule has 0 fully saturated rings. The Morgan fingerprint density at radius 1 is 1.47 bits per heavy atom. The molecule has 3 nitrogen and oxygen atoms in total. The van der Waals surface area contributed by atoms with Gasteiger partial charge in [-0.25, -0.2) is 4.39 Å². The summed E-state index contributed by atoms with van der Waals surface area (Å²) >= 11 is 6.06. The first-order valence-corrected chi connectivity index (χ1v) is 6.57. The van der Waals surface area contributed by atoms with Crippen molar-refractivity contribution in [3.8, 4) is 0 Å². The van der Waals surface area contributed by atoms with Gasteiger partial charge in [0.2, 0.25) is 0 Å². The predicted molar refractivity (Wildman–Crippen MR) is 72.7 cm³/mol. The van der Waals surface area contributed by atoms with Crippen molar-refractivity contribution in [2.24, 2.45) is 0 Å². The molecule has 0 radical (unpaired) electrons. The number of hydrogen-bond acceptors (Lipinski definition) is 2. The highest BCUT2D eigenvalue weighted by atomic mass is 35.5. The molecule has 0 aliphatic rings. The molecule has 0 saturated heterocycles. The summed E-state index contributed by atoms with van der Waals surface area (Å²) in [5.41, 5.74) is 1.53. The zero-order chi connectivity index (χ0) is 14.0. The molecular formula is C14H16ClFN2O. The first-order chi connectivity index (χ1) is 9.04. The molecular weight excluding hydrogens is 267 g/mol. The Labute approximate surface area is 116 Å². The van der Waals surface area contributed by atoms with Gasteiger partial charge in [0, 0.05) is 6.54 Å². The van der Waals surface area contributed by atoms with Crippen molar-refractivity contribution in [2.45, 2.75) is 32.9 Å². The molecule has 1 aromatic carbocycles. The molecule has 0 aliphatic heterocycles. The van der Waals surface area contributed by atoms with Crippen LogP contribution in [0.15, 0.2) is 24.4 Å². The van der Waals surface area contributed by atoms with E-state index in [1.807, 2.05) is 6.92 Å². The first-order valence-electron chi connectivity index (χ1n) is 6.20. The van der Waals surface area contributed by atoms with Crippen LogP contribution < -0.4 is 0 Å². The third-order valence-electron chi connectivity index (χ3n) is 3.04. The largest absolute Gasteiger partial charge is 0.382 e. The molecule has 0 amide bonds. The first kappa shape index (κ1) is 14.0. The minimum Gasteiger partial charge on any atom is -0.382 e. The van der Waals surface area contributed by atoms with E-state index in [1.165, 1.54) is 12.3 Å². The lowest BCUT2D eigenvalue weighted by atomic mass is 10.0. The molecule has 19 heavy (non-hydrogen) atoms. The number of hydrogen-bond donors (Lipinski definition) is 1. The maximum absolute atomic E-state index is 13.6. The summed E-state index contributed by atoms with van der Waals surface area (Å²) in [6, 6.07) is 4.67. The average Bonchev–Trinajstić information content (AvgIpc) is 2.74. The van der Waals surface area contributed by atoms with E-state index < -0.39 is 6.10 Å². The van der Waals surface area contributed by atoms with Crippen molar-refractivity contribution >= 4 is 11.6 Å².